The third-order valence-electron chi connectivity index (χ3n) is 6.00. The van der Waals surface area contributed by atoms with Gasteiger partial charge in [-0.05, 0) is 79.8 Å². The topological polar surface area (TPSA) is 82.3 Å². The van der Waals surface area contributed by atoms with Crippen LogP contribution in [0, 0.1) is 0 Å². The molecule has 0 atom stereocenters. The molecule has 4 aromatic rings. The third kappa shape index (κ3) is 4.10. The lowest BCUT2D eigenvalue weighted by molar-refractivity contribution is -0.116. The van der Waals surface area contributed by atoms with Crippen LogP contribution in [0.1, 0.15) is 23.3 Å². The number of ether oxygens (including phenoxy) is 1. The van der Waals surface area contributed by atoms with Crippen molar-refractivity contribution in [1.29, 1.82) is 0 Å². The molecule has 7 nitrogen and oxygen atoms in total. The largest absolute Gasteiger partial charge is 0.497 e. The number of nitrogens with one attached hydrogen (secondary N) is 1. The van der Waals surface area contributed by atoms with Crippen LogP contribution in [0.4, 0.5) is 5.69 Å². The van der Waals surface area contributed by atoms with Crippen LogP contribution in [-0.2, 0) is 24.2 Å². The van der Waals surface area contributed by atoms with Crippen LogP contribution in [-0.4, -0.2) is 22.2 Å². The number of benzene rings is 2. The van der Waals surface area contributed by atoms with E-state index in [-0.39, 0.29) is 18.0 Å². The highest BCUT2D eigenvalue weighted by Gasteiger charge is 2.25. The first kappa shape index (κ1) is 22.6. The highest BCUT2D eigenvalue weighted by Crippen LogP contribution is 2.34. The smallest absolute Gasteiger partial charge is 0.337 e. The third-order valence-corrected chi connectivity index (χ3v) is 7.84. The standard InChI is InChI=1S/C25H22BrN3O4S/c1-33-18-12-10-17(11-13-18)29-23(31)22-19-4-2-3-5-20(19)34-24(22)28(25(29)32)14-21(30)27-16-8-6-15(26)7-9-16/h6-13H,2-5,14H2,1H3,(H,27,30). The summed E-state index contributed by atoms with van der Waals surface area (Å²) in [6.45, 7) is -0.193. The first-order valence-electron chi connectivity index (χ1n) is 11.0. The summed E-state index contributed by atoms with van der Waals surface area (Å²) in [5, 5.41) is 3.39. The van der Waals surface area contributed by atoms with E-state index >= 15 is 0 Å². The summed E-state index contributed by atoms with van der Waals surface area (Å²) in [7, 11) is 1.56. The second-order valence-corrected chi connectivity index (χ2v) is 10.2. The van der Waals surface area contributed by atoms with Crippen molar-refractivity contribution in [3.05, 3.63) is 84.3 Å². The summed E-state index contributed by atoms with van der Waals surface area (Å²) >= 11 is 4.84. The van der Waals surface area contributed by atoms with E-state index in [4.69, 9.17) is 4.74 Å². The molecule has 1 amide bonds. The molecule has 2 aromatic carbocycles. The van der Waals surface area contributed by atoms with E-state index in [0.29, 0.717) is 27.3 Å². The van der Waals surface area contributed by atoms with Crippen molar-refractivity contribution in [2.24, 2.45) is 0 Å². The van der Waals surface area contributed by atoms with Gasteiger partial charge in [-0.2, -0.15) is 0 Å². The number of halogens is 1. The molecule has 0 saturated carbocycles. The van der Waals surface area contributed by atoms with Gasteiger partial charge >= 0.3 is 5.69 Å². The van der Waals surface area contributed by atoms with Gasteiger partial charge in [0.05, 0.1) is 18.2 Å². The Morgan fingerprint density at radius 1 is 1.06 bits per heavy atom. The zero-order valence-corrected chi connectivity index (χ0v) is 20.9. The van der Waals surface area contributed by atoms with Gasteiger partial charge in [0.2, 0.25) is 5.91 Å². The number of amides is 1. The molecule has 1 aliphatic rings. The van der Waals surface area contributed by atoms with Crippen LogP contribution in [0.2, 0.25) is 0 Å². The van der Waals surface area contributed by atoms with Gasteiger partial charge in [-0.3, -0.25) is 14.2 Å². The maximum atomic E-state index is 13.6. The number of fused-ring (bicyclic) bond motifs is 3. The molecule has 2 heterocycles. The van der Waals surface area contributed by atoms with E-state index in [9.17, 15) is 14.4 Å². The van der Waals surface area contributed by atoms with Crippen LogP contribution >= 0.6 is 27.3 Å². The molecule has 1 aliphatic carbocycles. The number of aromatic nitrogens is 2. The highest BCUT2D eigenvalue weighted by molar-refractivity contribution is 9.10. The Kier molecular flexibility index (Phi) is 6.14. The van der Waals surface area contributed by atoms with Crippen LogP contribution in [0.3, 0.4) is 0 Å². The van der Waals surface area contributed by atoms with Crippen LogP contribution in [0.5, 0.6) is 5.75 Å². The number of carbonyl (C=O) groups is 1. The maximum absolute atomic E-state index is 13.6. The normalized spacial score (nSPS) is 13.0. The number of hydrogen-bond donors (Lipinski definition) is 1. The van der Waals surface area contributed by atoms with Crippen molar-refractivity contribution in [2.45, 2.75) is 32.2 Å². The average molecular weight is 540 g/mol. The van der Waals surface area contributed by atoms with Crippen molar-refractivity contribution in [3.63, 3.8) is 0 Å². The lowest BCUT2D eigenvalue weighted by atomic mass is 9.97. The Hall–Kier alpha value is -3.17. The molecule has 1 N–H and O–H groups in total. The van der Waals surface area contributed by atoms with E-state index in [1.807, 2.05) is 12.1 Å². The number of rotatable bonds is 5. The fourth-order valence-corrected chi connectivity index (χ4v) is 5.98. The second-order valence-electron chi connectivity index (χ2n) is 8.15. The predicted octanol–water partition coefficient (Wildman–Crippen LogP) is 4.50. The molecule has 9 heteroatoms. The van der Waals surface area contributed by atoms with E-state index in [1.165, 1.54) is 15.9 Å². The fraction of sp³-hybridized carbons (Fsp3) is 0.240. The number of hydrogen-bond acceptors (Lipinski definition) is 5. The molecule has 2 aromatic heterocycles. The second kappa shape index (κ2) is 9.23. The number of carbonyl (C=O) groups excluding carboxylic acids is 1. The Labute approximate surface area is 207 Å². The monoisotopic (exact) mass is 539 g/mol. The van der Waals surface area contributed by atoms with E-state index < -0.39 is 5.69 Å². The summed E-state index contributed by atoms with van der Waals surface area (Å²) in [6.07, 6.45) is 3.75. The molecule has 0 unspecified atom stereocenters. The van der Waals surface area contributed by atoms with Gasteiger partial charge in [0, 0.05) is 15.0 Å². The van der Waals surface area contributed by atoms with E-state index in [2.05, 4.69) is 21.2 Å². The Bertz CT molecular complexity index is 1500. The Morgan fingerprint density at radius 3 is 2.47 bits per heavy atom. The molecule has 0 aliphatic heterocycles. The van der Waals surface area contributed by atoms with Gasteiger partial charge in [0.25, 0.3) is 5.56 Å². The van der Waals surface area contributed by atoms with E-state index in [1.54, 1.807) is 43.5 Å². The van der Waals surface area contributed by atoms with Crippen LogP contribution in [0.25, 0.3) is 15.9 Å². The summed E-state index contributed by atoms with van der Waals surface area (Å²) in [5.74, 6) is 0.289. The first-order chi connectivity index (χ1) is 16.5. The number of anilines is 1. The summed E-state index contributed by atoms with van der Waals surface area (Å²) in [6, 6.07) is 14.0. The van der Waals surface area contributed by atoms with Crippen molar-refractivity contribution in [3.8, 4) is 11.4 Å². The number of methoxy groups -OCH3 is 1. The van der Waals surface area contributed by atoms with Crippen molar-refractivity contribution >= 4 is 49.1 Å². The van der Waals surface area contributed by atoms with Crippen molar-refractivity contribution < 1.29 is 9.53 Å². The van der Waals surface area contributed by atoms with Gasteiger partial charge in [-0.1, -0.05) is 15.9 Å². The van der Waals surface area contributed by atoms with Gasteiger partial charge < -0.3 is 10.1 Å². The number of nitrogens with zero attached hydrogens (tertiary/aromatic N) is 2. The molecule has 0 spiro atoms. The summed E-state index contributed by atoms with van der Waals surface area (Å²) in [4.78, 5) is 41.9. The minimum atomic E-state index is -0.535. The molecular formula is C25H22BrN3O4S. The zero-order valence-electron chi connectivity index (χ0n) is 18.5. The van der Waals surface area contributed by atoms with Gasteiger partial charge in [0.15, 0.2) is 0 Å². The number of thiophene rings is 1. The predicted molar refractivity (Wildman–Crippen MR) is 138 cm³/mol. The summed E-state index contributed by atoms with van der Waals surface area (Å²) in [5.41, 5.74) is 1.21. The highest BCUT2D eigenvalue weighted by atomic mass is 79.9. The van der Waals surface area contributed by atoms with Crippen LogP contribution < -0.4 is 21.3 Å². The van der Waals surface area contributed by atoms with Crippen molar-refractivity contribution in [1.82, 2.24) is 9.13 Å². The lowest BCUT2D eigenvalue weighted by Crippen LogP contribution is -2.40. The molecule has 5 rings (SSSR count). The van der Waals surface area contributed by atoms with Gasteiger partial charge in [-0.15, -0.1) is 11.3 Å². The zero-order chi connectivity index (χ0) is 23.8. The maximum Gasteiger partial charge on any atom is 0.337 e. The minimum Gasteiger partial charge on any atom is -0.497 e. The SMILES string of the molecule is COc1ccc(-n2c(=O)c3c4c(sc3n(CC(=O)Nc3ccc(Br)cc3)c2=O)CCCC4)cc1. The van der Waals surface area contributed by atoms with Crippen molar-refractivity contribution in [2.75, 3.05) is 12.4 Å². The molecule has 34 heavy (non-hydrogen) atoms. The molecule has 174 valence electrons. The quantitative estimate of drug-likeness (QED) is 0.404. The number of aryl methyl sites for hydroxylation is 2. The average Bonchev–Trinajstić information content (AvgIpc) is 3.23. The first-order valence-corrected chi connectivity index (χ1v) is 12.6. The Morgan fingerprint density at radius 2 is 1.76 bits per heavy atom. The molecule has 0 radical (unpaired) electrons. The van der Waals surface area contributed by atoms with Gasteiger partial charge in [-0.25, -0.2) is 9.36 Å². The lowest BCUT2D eigenvalue weighted by Gasteiger charge is -2.14. The van der Waals surface area contributed by atoms with Gasteiger partial charge in [0.1, 0.15) is 17.1 Å². The van der Waals surface area contributed by atoms with E-state index in [0.717, 1.165) is 45.2 Å². The minimum absolute atomic E-state index is 0.193. The fourth-order valence-electron chi connectivity index (χ4n) is 4.34. The Balaban J connectivity index is 1.65. The summed E-state index contributed by atoms with van der Waals surface area (Å²) < 4.78 is 8.71. The molecular weight excluding hydrogens is 518 g/mol. The molecule has 0 saturated heterocycles. The molecule has 0 bridgehead atoms. The molecule has 0 fully saturated rings. The van der Waals surface area contributed by atoms with Crippen LogP contribution in [0.15, 0.2) is 62.6 Å².